The van der Waals surface area contributed by atoms with Crippen LogP contribution in [0.15, 0.2) is 48.5 Å². The maximum Gasteiger partial charge on any atom is 0.321 e. The highest BCUT2D eigenvalue weighted by Gasteiger charge is 2.47. The Morgan fingerprint density at radius 3 is 2.19 bits per heavy atom. The second kappa shape index (κ2) is 5.32. The number of rotatable bonds is 3. The average molecular weight is 284 g/mol. The molecule has 1 aliphatic carbocycles. The molecule has 0 atom stereocenters. The fourth-order valence-electron chi connectivity index (χ4n) is 2.72. The van der Waals surface area contributed by atoms with Crippen LogP contribution in [0.5, 0.6) is 5.75 Å². The molecule has 1 aliphatic rings. The normalized spacial score (nSPS) is 16.1. The maximum absolute atomic E-state index is 13.1. The smallest absolute Gasteiger partial charge is 0.321 e. The standard InChI is InChI=1S/C18H17FO2/c1-13-3-9-16(10-4-13)21-17(20)18(11-2-12-18)14-5-7-15(19)8-6-14/h3-10H,2,11-12H2,1H3. The van der Waals surface area contributed by atoms with Crippen LogP contribution in [0.25, 0.3) is 0 Å². The lowest BCUT2D eigenvalue weighted by atomic mass is 9.64. The van der Waals surface area contributed by atoms with E-state index in [-0.39, 0.29) is 11.8 Å². The monoisotopic (exact) mass is 284 g/mol. The van der Waals surface area contributed by atoms with Gasteiger partial charge in [-0.3, -0.25) is 4.79 Å². The van der Waals surface area contributed by atoms with Crippen LogP contribution in [0.1, 0.15) is 30.4 Å². The topological polar surface area (TPSA) is 26.3 Å². The molecule has 0 N–H and O–H groups in total. The summed E-state index contributed by atoms with van der Waals surface area (Å²) in [6.07, 6.45) is 2.49. The molecule has 1 fully saturated rings. The molecule has 0 heterocycles. The number of hydrogen-bond donors (Lipinski definition) is 0. The number of halogens is 1. The molecule has 0 bridgehead atoms. The molecule has 0 aliphatic heterocycles. The van der Waals surface area contributed by atoms with E-state index in [1.807, 2.05) is 19.1 Å². The number of aryl methyl sites for hydroxylation is 1. The first-order valence-electron chi connectivity index (χ1n) is 7.15. The van der Waals surface area contributed by atoms with Crippen molar-refractivity contribution in [1.29, 1.82) is 0 Å². The highest BCUT2D eigenvalue weighted by atomic mass is 19.1. The number of carbonyl (C=O) groups excluding carboxylic acids is 1. The van der Waals surface area contributed by atoms with E-state index in [0.717, 1.165) is 30.4 Å². The highest BCUT2D eigenvalue weighted by Crippen LogP contribution is 2.44. The van der Waals surface area contributed by atoms with Crippen LogP contribution >= 0.6 is 0 Å². The van der Waals surface area contributed by atoms with Gasteiger partial charge >= 0.3 is 5.97 Å². The fraction of sp³-hybridized carbons (Fsp3) is 0.278. The Balaban J connectivity index is 1.83. The maximum atomic E-state index is 13.1. The van der Waals surface area contributed by atoms with Crippen molar-refractivity contribution in [3.8, 4) is 5.75 Å². The van der Waals surface area contributed by atoms with Gasteiger partial charge in [-0.15, -0.1) is 0 Å². The first-order chi connectivity index (χ1) is 10.1. The Hall–Kier alpha value is -2.16. The number of carbonyl (C=O) groups is 1. The Morgan fingerprint density at radius 2 is 1.67 bits per heavy atom. The zero-order valence-corrected chi connectivity index (χ0v) is 11.9. The Morgan fingerprint density at radius 1 is 1.05 bits per heavy atom. The van der Waals surface area contributed by atoms with Crippen LogP contribution in [-0.2, 0) is 10.2 Å². The first-order valence-corrected chi connectivity index (χ1v) is 7.15. The van der Waals surface area contributed by atoms with Crippen molar-refractivity contribution >= 4 is 5.97 Å². The molecular weight excluding hydrogens is 267 g/mol. The van der Waals surface area contributed by atoms with Gasteiger partial charge in [0.05, 0.1) is 5.41 Å². The van der Waals surface area contributed by atoms with E-state index in [0.29, 0.717) is 5.75 Å². The third-order valence-corrected chi connectivity index (χ3v) is 4.23. The second-order valence-corrected chi connectivity index (χ2v) is 5.65. The molecule has 3 heteroatoms. The van der Waals surface area contributed by atoms with Crippen LogP contribution < -0.4 is 4.74 Å². The molecule has 3 rings (SSSR count). The molecular formula is C18H17FO2. The van der Waals surface area contributed by atoms with Crippen LogP contribution in [0.4, 0.5) is 4.39 Å². The number of benzene rings is 2. The molecule has 0 saturated heterocycles. The molecule has 0 amide bonds. The van der Waals surface area contributed by atoms with E-state index in [9.17, 15) is 9.18 Å². The van der Waals surface area contributed by atoms with E-state index in [1.165, 1.54) is 12.1 Å². The zero-order valence-electron chi connectivity index (χ0n) is 11.9. The van der Waals surface area contributed by atoms with Crippen LogP contribution in [0, 0.1) is 12.7 Å². The summed E-state index contributed by atoms with van der Waals surface area (Å²) >= 11 is 0. The van der Waals surface area contributed by atoms with E-state index < -0.39 is 5.41 Å². The number of ether oxygens (including phenoxy) is 1. The van der Waals surface area contributed by atoms with Crippen molar-refractivity contribution < 1.29 is 13.9 Å². The molecule has 0 aromatic heterocycles. The minimum atomic E-state index is -0.613. The highest BCUT2D eigenvalue weighted by molar-refractivity contribution is 5.86. The molecule has 2 nitrogen and oxygen atoms in total. The van der Waals surface area contributed by atoms with E-state index in [2.05, 4.69) is 0 Å². The Kier molecular flexibility index (Phi) is 3.50. The zero-order chi connectivity index (χ0) is 14.9. The summed E-state index contributed by atoms with van der Waals surface area (Å²) in [5.41, 5.74) is 1.34. The minimum absolute atomic E-state index is 0.246. The average Bonchev–Trinajstić information content (AvgIpc) is 2.42. The van der Waals surface area contributed by atoms with Crippen LogP contribution in [0.2, 0.25) is 0 Å². The molecule has 0 radical (unpaired) electrons. The van der Waals surface area contributed by atoms with E-state index in [1.54, 1.807) is 24.3 Å². The third kappa shape index (κ3) is 2.56. The van der Waals surface area contributed by atoms with Crippen molar-refractivity contribution in [3.05, 3.63) is 65.5 Å². The first kappa shape index (κ1) is 13.8. The summed E-state index contributed by atoms with van der Waals surface area (Å²) in [6.45, 7) is 1.98. The van der Waals surface area contributed by atoms with Gasteiger partial charge in [0.15, 0.2) is 0 Å². The van der Waals surface area contributed by atoms with Crippen molar-refractivity contribution in [1.82, 2.24) is 0 Å². The predicted octanol–water partition coefficient (Wildman–Crippen LogP) is 4.16. The molecule has 2 aromatic carbocycles. The fourth-order valence-corrected chi connectivity index (χ4v) is 2.72. The van der Waals surface area contributed by atoms with Crippen molar-refractivity contribution in [3.63, 3.8) is 0 Å². The Bertz CT molecular complexity index is 640. The lowest BCUT2D eigenvalue weighted by Gasteiger charge is -2.39. The van der Waals surface area contributed by atoms with Gasteiger partial charge in [-0.25, -0.2) is 4.39 Å². The lowest BCUT2D eigenvalue weighted by molar-refractivity contribution is -0.144. The van der Waals surface area contributed by atoms with Gasteiger partial charge in [0, 0.05) is 0 Å². The summed E-state index contributed by atoms with van der Waals surface area (Å²) in [5.74, 6) is 0.0170. The summed E-state index contributed by atoms with van der Waals surface area (Å²) in [4.78, 5) is 12.6. The summed E-state index contributed by atoms with van der Waals surface area (Å²) in [6, 6.07) is 13.6. The van der Waals surface area contributed by atoms with E-state index in [4.69, 9.17) is 4.74 Å². The molecule has 21 heavy (non-hydrogen) atoms. The second-order valence-electron chi connectivity index (χ2n) is 5.65. The number of hydrogen-bond acceptors (Lipinski definition) is 2. The van der Waals surface area contributed by atoms with E-state index >= 15 is 0 Å². The SMILES string of the molecule is Cc1ccc(OC(=O)C2(c3ccc(F)cc3)CCC2)cc1. The number of esters is 1. The summed E-state index contributed by atoms with van der Waals surface area (Å²) in [5, 5.41) is 0. The minimum Gasteiger partial charge on any atom is -0.426 e. The van der Waals surface area contributed by atoms with Crippen LogP contribution in [0.3, 0.4) is 0 Å². The molecule has 1 saturated carbocycles. The summed E-state index contributed by atoms with van der Waals surface area (Å²) in [7, 11) is 0. The van der Waals surface area contributed by atoms with Gasteiger partial charge in [-0.1, -0.05) is 36.2 Å². The molecule has 0 unspecified atom stereocenters. The van der Waals surface area contributed by atoms with Crippen molar-refractivity contribution in [2.45, 2.75) is 31.6 Å². The molecule has 108 valence electrons. The summed E-state index contributed by atoms with van der Waals surface area (Å²) < 4.78 is 18.6. The van der Waals surface area contributed by atoms with Gasteiger partial charge in [0.1, 0.15) is 11.6 Å². The Labute approximate surface area is 123 Å². The lowest BCUT2D eigenvalue weighted by Crippen LogP contribution is -2.45. The van der Waals surface area contributed by atoms with Gasteiger partial charge in [-0.2, -0.15) is 0 Å². The van der Waals surface area contributed by atoms with Gasteiger partial charge in [0.25, 0.3) is 0 Å². The quantitative estimate of drug-likeness (QED) is 0.625. The predicted molar refractivity (Wildman–Crippen MR) is 78.7 cm³/mol. The molecule has 2 aromatic rings. The van der Waals surface area contributed by atoms with Crippen molar-refractivity contribution in [2.75, 3.05) is 0 Å². The van der Waals surface area contributed by atoms with Gasteiger partial charge in [-0.05, 0) is 49.6 Å². The van der Waals surface area contributed by atoms with Gasteiger partial charge < -0.3 is 4.74 Å². The third-order valence-electron chi connectivity index (χ3n) is 4.23. The van der Waals surface area contributed by atoms with Crippen molar-refractivity contribution in [2.24, 2.45) is 0 Å². The van der Waals surface area contributed by atoms with Crippen LogP contribution in [-0.4, -0.2) is 5.97 Å². The molecule has 0 spiro atoms. The van der Waals surface area contributed by atoms with Gasteiger partial charge in [0.2, 0.25) is 0 Å². The largest absolute Gasteiger partial charge is 0.426 e.